The van der Waals surface area contributed by atoms with Crippen molar-refractivity contribution in [2.24, 2.45) is 10.7 Å². The van der Waals surface area contributed by atoms with Gasteiger partial charge in [-0.15, -0.1) is 0 Å². The fourth-order valence-electron chi connectivity index (χ4n) is 4.19. The number of hydrogen-bond acceptors (Lipinski definition) is 4. The van der Waals surface area contributed by atoms with Gasteiger partial charge in [-0.1, -0.05) is 42.0 Å². The number of allylic oxidation sites excluding steroid dienone is 4. The third-order valence-electron chi connectivity index (χ3n) is 5.85. The highest BCUT2D eigenvalue weighted by Gasteiger charge is 2.31. The third-order valence-corrected chi connectivity index (χ3v) is 6.08. The van der Waals surface area contributed by atoms with E-state index in [1.165, 1.54) is 5.57 Å². The van der Waals surface area contributed by atoms with Crippen molar-refractivity contribution < 1.29 is 9.90 Å². The molecule has 0 radical (unpaired) electrons. The molecular formula is C27H22ClN3O2. The second-order valence-electron chi connectivity index (χ2n) is 8.01. The maximum Gasteiger partial charge on any atom is 0.270 e. The Kier molecular flexibility index (Phi) is 5.58. The Morgan fingerprint density at radius 2 is 1.73 bits per heavy atom. The number of rotatable bonds is 3. The molecule has 1 aliphatic heterocycles. The van der Waals surface area contributed by atoms with Crippen molar-refractivity contribution in [2.75, 3.05) is 4.90 Å². The number of aromatic hydroxyl groups is 1. The van der Waals surface area contributed by atoms with Crippen molar-refractivity contribution in [1.82, 2.24) is 0 Å². The number of nitrogens with two attached hydrogens (primary N) is 1. The van der Waals surface area contributed by atoms with Gasteiger partial charge in [0.15, 0.2) is 6.17 Å². The van der Waals surface area contributed by atoms with Gasteiger partial charge in [-0.05, 0) is 78.6 Å². The van der Waals surface area contributed by atoms with Gasteiger partial charge in [0.2, 0.25) is 0 Å². The number of nitrogens with zero attached hydrogens (tertiary/aromatic N) is 2. The lowest BCUT2D eigenvalue weighted by Gasteiger charge is -2.25. The highest BCUT2D eigenvalue weighted by molar-refractivity contribution is 6.32. The van der Waals surface area contributed by atoms with Gasteiger partial charge >= 0.3 is 0 Å². The first kappa shape index (κ1) is 21.2. The van der Waals surface area contributed by atoms with E-state index >= 15 is 0 Å². The monoisotopic (exact) mass is 455 g/mol. The van der Waals surface area contributed by atoms with E-state index in [1.807, 2.05) is 30.3 Å². The summed E-state index contributed by atoms with van der Waals surface area (Å²) in [6.45, 7) is 0. The Hall–Kier alpha value is -3.67. The first-order valence-electron chi connectivity index (χ1n) is 10.7. The number of fused-ring (bicyclic) bond motifs is 1. The summed E-state index contributed by atoms with van der Waals surface area (Å²) in [5.74, 6) is -0.190. The number of hydrogen-bond donors (Lipinski definition) is 2. The highest BCUT2D eigenvalue weighted by atomic mass is 35.5. The maximum absolute atomic E-state index is 13.4. The van der Waals surface area contributed by atoms with Crippen LogP contribution in [0.3, 0.4) is 0 Å². The second-order valence-corrected chi connectivity index (χ2v) is 8.45. The van der Waals surface area contributed by atoms with Crippen LogP contribution < -0.4 is 10.6 Å². The molecule has 1 atom stereocenters. The van der Waals surface area contributed by atoms with E-state index < -0.39 is 6.17 Å². The molecule has 3 aromatic rings. The number of anilines is 2. The first-order valence-corrected chi connectivity index (χ1v) is 11.1. The van der Waals surface area contributed by atoms with Crippen LogP contribution in [-0.2, 0) is 4.79 Å². The second kappa shape index (κ2) is 8.70. The van der Waals surface area contributed by atoms with E-state index in [9.17, 15) is 9.90 Å². The molecular weight excluding hydrogens is 434 g/mol. The minimum absolute atomic E-state index is 0.143. The molecule has 1 amide bonds. The minimum Gasteiger partial charge on any atom is -0.508 e. The normalized spacial score (nSPS) is 17.8. The number of amides is 1. The maximum atomic E-state index is 13.4. The van der Waals surface area contributed by atoms with Crippen molar-refractivity contribution in [3.63, 3.8) is 0 Å². The predicted molar refractivity (Wildman–Crippen MR) is 133 cm³/mol. The Balaban J connectivity index is 1.62. The van der Waals surface area contributed by atoms with Crippen LogP contribution >= 0.6 is 11.6 Å². The van der Waals surface area contributed by atoms with E-state index in [0.717, 1.165) is 24.0 Å². The van der Waals surface area contributed by atoms with Crippen LogP contribution in [-0.4, -0.2) is 22.9 Å². The molecule has 6 heteroatoms. The van der Waals surface area contributed by atoms with Gasteiger partial charge in [-0.3, -0.25) is 14.7 Å². The smallest absolute Gasteiger partial charge is 0.270 e. The Morgan fingerprint density at radius 3 is 2.42 bits per heavy atom. The zero-order valence-electron chi connectivity index (χ0n) is 17.8. The molecule has 0 saturated heterocycles. The number of phenolic OH excluding ortho intramolecular Hbond substituents is 1. The average molecular weight is 456 g/mol. The van der Waals surface area contributed by atoms with Crippen LogP contribution in [0.25, 0.3) is 5.57 Å². The number of benzodiazepines with no additional fused rings is 1. The lowest BCUT2D eigenvalue weighted by molar-refractivity contribution is -0.118. The molecule has 1 aliphatic carbocycles. The van der Waals surface area contributed by atoms with Crippen LogP contribution in [0, 0.1) is 0 Å². The molecule has 3 N–H and O–H groups in total. The molecule has 1 unspecified atom stereocenters. The molecule has 0 spiro atoms. The van der Waals surface area contributed by atoms with Crippen molar-refractivity contribution in [3.05, 3.63) is 107 Å². The zero-order chi connectivity index (χ0) is 22.9. The molecule has 2 aliphatic rings. The van der Waals surface area contributed by atoms with Crippen molar-refractivity contribution in [2.45, 2.75) is 19.0 Å². The molecule has 3 aromatic carbocycles. The third kappa shape index (κ3) is 4.09. The van der Waals surface area contributed by atoms with Gasteiger partial charge < -0.3 is 10.8 Å². The predicted octanol–water partition coefficient (Wildman–Crippen LogP) is 5.58. The van der Waals surface area contributed by atoms with Crippen LogP contribution in [0.1, 0.15) is 29.5 Å². The summed E-state index contributed by atoms with van der Waals surface area (Å²) < 4.78 is 0. The van der Waals surface area contributed by atoms with Gasteiger partial charge in [-0.25, -0.2) is 0 Å². The molecule has 164 valence electrons. The van der Waals surface area contributed by atoms with Gasteiger partial charge in [0.05, 0.1) is 11.4 Å². The lowest BCUT2D eigenvalue weighted by Crippen LogP contribution is -2.39. The first-order chi connectivity index (χ1) is 16.0. The number of benzene rings is 3. The molecule has 5 nitrogen and oxygen atoms in total. The van der Waals surface area contributed by atoms with Gasteiger partial charge in [0, 0.05) is 21.8 Å². The van der Waals surface area contributed by atoms with E-state index in [1.54, 1.807) is 41.3 Å². The largest absolute Gasteiger partial charge is 0.508 e. The molecule has 33 heavy (non-hydrogen) atoms. The summed E-state index contributed by atoms with van der Waals surface area (Å²) in [6, 6.07) is 19.9. The van der Waals surface area contributed by atoms with E-state index in [4.69, 9.17) is 17.3 Å². The number of carbonyl (C=O) groups excluding carboxylic acids is 1. The quantitative estimate of drug-likeness (QED) is 0.541. The van der Waals surface area contributed by atoms with Crippen LogP contribution in [0.5, 0.6) is 5.75 Å². The van der Waals surface area contributed by atoms with Gasteiger partial charge in [0.25, 0.3) is 5.91 Å². The topological polar surface area (TPSA) is 78.9 Å². The van der Waals surface area contributed by atoms with E-state index in [0.29, 0.717) is 27.7 Å². The Labute approximate surface area is 197 Å². The van der Waals surface area contributed by atoms with Gasteiger partial charge in [0.1, 0.15) is 5.75 Å². The molecule has 1 heterocycles. The summed E-state index contributed by atoms with van der Waals surface area (Å²) in [7, 11) is 0. The van der Waals surface area contributed by atoms with Crippen molar-refractivity contribution >= 4 is 40.2 Å². The standard InChI is InChI=1S/C27H22ClN3O2/c28-20-10-15-24-23(16-20)25(19-8-13-22(32)14-9-19)30-26(29)27(33)31(24)21-11-6-18(7-12-21)17-4-2-1-3-5-17/h1-2,4,6-16,26,32H,3,5,29H2. The van der Waals surface area contributed by atoms with Crippen LogP contribution in [0.15, 0.2) is 90.0 Å². The Morgan fingerprint density at radius 1 is 1.00 bits per heavy atom. The van der Waals surface area contributed by atoms with Gasteiger partial charge in [-0.2, -0.15) is 0 Å². The summed E-state index contributed by atoms with van der Waals surface area (Å²) in [5.41, 5.74) is 12.0. The number of carbonyl (C=O) groups is 1. The molecule has 0 fully saturated rings. The lowest BCUT2D eigenvalue weighted by atomic mass is 9.97. The van der Waals surface area contributed by atoms with Crippen molar-refractivity contribution in [1.29, 1.82) is 0 Å². The average Bonchev–Trinajstić information content (AvgIpc) is 2.95. The van der Waals surface area contributed by atoms with Crippen LogP contribution in [0.4, 0.5) is 11.4 Å². The number of phenols is 1. The van der Waals surface area contributed by atoms with E-state index in [2.05, 4.69) is 23.2 Å². The molecule has 0 aromatic heterocycles. The fraction of sp³-hybridized carbons (Fsp3) is 0.111. The summed E-state index contributed by atoms with van der Waals surface area (Å²) in [6.07, 6.45) is 7.29. The summed E-state index contributed by atoms with van der Waals surface area (Å²) in [4.78, 5) is 19.6. The van der Waals surface area contributed by atoms with Crippen LogP contribution in [0.2, 0.25) is 5.02 Å². The van der Waals surface area contributed by atoms with Crippen molar-refractivity contribution in [3.8, 4) is 5.75 Å². The summed E-state index contributed by atoms with van der Waals surface area (Å²) in [5, 5.41) is 10.2. The molecule has 5 rings (SSSR count). The zero-order valence-corrected chi connectivity index (χ0v) is 18.5. The Bertz CT molecular complexity index is 1310. The molecule has 0 bridgehead atoms. The SMILES string of the molecule is NC1N=C(c2ccc(O)cc2)c2cc(Cl)ccc2N(c2ccc(C3=CC=CCC3)cc2)C1=O. The number of aliphatic imine (C=N–C) groups is 1. The molecule has 0 saturated carbocycles. The number of halogens is 1. The minimum atomic E-state index is -1.09. The van der Waals surface area contributed by atoms with E-state index in [-0.39, 0.29) is 11.7 Å². The fourth-order valence-corrected chi connectivity index (χ4v) is 4.36. The summed E-state index contributed by atoms with van der Waals surface area (Å²) >= 11 is 6.34. The highest BCUT2D eigenvalue weighted by Crippen LogP contribution is 2.36.